The average molecular weight is 227 g/mol. The molecule has 0 spiro atoms. The lowest BCUT2D eigenvalue weighted by Crippen LogP contribution is -2.28. The largest absolute Gasteiger partial charge is 0.458 e. The van der Waals surface area contributed by atoms with Gasteiger partial charge in [0, 0.05) is 6.42 Å². The van der Waals surface area contributed by atoms with E-state index in [-0.39, 0.29) is 0 Å². The minimum absolute atomic E-state index is 0.497. The summed E-state index contributed by atoms with van der Waals surface area (Å²) < 4.78 is 4.97. The number of aliphatic hydroxyl groups is 1. The fourth-order valence-electron chi connectivity index (χ4n) is 1.62. The van der Waals surface area contributed by atoms with Crippen LogP contribution in [0.2, 0.25) is 0 Å². The van der Waals surface area contributed by atoms with E-state index in [0.29, 0.717) is 6.42 Å². The van der Waals surface area contributed by atoms with Crippen molar-refractivity contribution in [3.05, 3.63) is 35.9 Å². The summed E-state index contributed by atoms with van der Waals surface area (Å²) in [5.41, 5.74) is 1.01. The molecule has 1 aliphatic heterocycles. The van der Waals surface area contributed by atoms with Crippen molar-refractivity contribution >= 4 is 17.6 Å². The van der Waals surface area contributed by atoms with Gasteiger partial charge in [-0.3, -0.25) is 4.79 Å². The van der Waals surface area contributed by atoms with Crippen molar-refractivity contribution in [2.24, 2.45) is 0 Å². The van der Waals surface area contributed by atoms with Crippen LogP contribution in [0.5, 0.6) is 0 Å². The van der Waals surface area contributed by atoms with Gasteiger partial charge in [0.15, 0.2) is 5.38 Å². The molecule has 4 heteroatoms. The maximum absolute atomic E-state index is 11.1. The average Bonchev–Trinajstić information content (AvgIpc) is 2.48. The Bertz CT molecular complexity index is 352. The van der Waals surface area contributed by atoms with Crippen LogP contribution in [0, 0.1) is 0 Å². The number of alkyl halides is 1. The summed E-state index contributed by atoms with van der Waals surface area (Å²) in [6, 6.07) is 9.54. The second-order valence-electron chi connectivity index (χ2n) is 3.56. The van der Waals surface area contributed by atoms with Crippen LogP contribution in [0.4, 0.5) is 0 Å². The fraction of sp³-hybridized carbons (Fsp3) is 0.364. The van der Waals surface area contributed by atoms with Crippen molar-refractivity contribution in [2.75, 3.05) is 0 Å². The minimum atomic E-state index is -0.932. The molecule has 0 amide bonds. The van der Waals surface area contributed by atoms with Crippen molar-refractivity contribution in [3.8, 4) is 0 Å². The molecular formula is C11H11ClO3. The Balaban J connectivity index is 2.05. The zero-order chi connectivity index (χ0) is 10.8. The molecule has 15 heavy (non-hydrogen) atoms. The number of carbonyl (C=O) groups excluding carboxylic acids is 1. The van der Waals surface area contributed by atoms with Gasteiger partial charge in [0.25, 0.3) is 0 Å². The van der Waals surface area contributed by atoms with Crippen LogP contribution in [0.15, 0.2) is 30.3 Å². The van der Waals surface area contributed by atoms with E-state index < -0.39 is 23.6 Å². The molecular weight excluding hydrogens is 216 g/mol. The van der Waals surface area contributed by atoms with Crippen molar-refractivity contribution in [1.29, 1.82) is 0 Å². The molecule has 0 aliphatic carbocycles. The molecule has 1 saturated heterocycles. The first kappa shape index (κ1) is 10.5. The molecule has 3 atom stereocenters. The fourth-order valence-corrected chi connectivity index (χ4v) is 1.83. The number of benzene rings is 1. The van der Waals surface area contributed by atoms with E-state index in [1.807, 2.05) is 30.3 Å². The van der Waals surface area contributed by atoms with Crippen molar-refractivity contribution in [3.63, 3.8) is 0 Å². The molecule has 3 nitrogen and oxygen atoms in total. The normalized spacial score (nSPS) is 30.3. The molecule has 1 N–H and O–H groups in total. The van der Waals surface area contributed by atoms with E-state index in [1.165, 1.54) is 0 Å². The second-order valence-corrected chi connectivity index (χ2v) is 4.03. The lowest BCUT2D eigenvalue weighted by Gasteiger charge is -2.13. The van der Waals surface area contributed by atoms with Gasteiger partial charge in [-0.25, -0.2) is 0 Å². The van der Waals surface area contributed by atoms with Crippen LogP contribution in [0.3, 0.4) is 0 Å². The smallest absolute Gasteiger partial charge is 0.327 e. The van der Waals surface area contributed by atoms with E-state index in [2.05, 4.69) is 0 Å². The number of carbonyl (C=O) groups is 1. The number of rotatable bonds is 2. The predicted octanol–water partition coefficient (Wildman–Crippen LogP) is 1.12. The Morgan fingerprint density at radius 3 is 2.53 bits per heavy atom. The Morgan fingerprint density at radius 2 is 2.00 bits per heavy atom. The summed E-state index contributed by atoms with van der Waals surface area (Å²) in [5.74, 6) is -0.537. The van der Waals surface area contributed by atoms with Crippen LogP contribution in [-0.4, -0.2) is 28.7 Å². The third kappa shape index (κ3) is 2.13. The third-order valence-electron chi connectivity index (χ3n) is 2.45. The van der Waals surface area contributed by atoms with Gasteiger partial charge in [-0.1, -0.05) is 30.3 Å². The van der Waals surface area contributed by atoms with Gasteiger partial charge < -0.3 is 9.84 Å². The highest BCUT2D eigenvalue weighted by molar-refractivity contribution is 6.31. The SMILES string of the molecule is O=C1O[C@H](Cc2ccccc2)[C@H](O)[C@@H]1Cl. The molecule has 2 rings (SSSR count). The van der Waals surface area contributed by atoms with Gasteiger partial charge in [-0.05, 0) is 5.56 Å². The maximum atomic E-state index is 11.1. The quantitative estimate of drug-likeness (QED) is 0.607. The van der Waals surface area contributed by atoms with Crippen LogP contribution in [-0.2, 0) is 16.0 Å². The van der Waals surface area contributed by atoms with Gasteiger partial charge >= 0.3 is 5.97 Å². The second kappa shape index (κ2) is 4.21. The Labute approximate surface area is 92.6 Å². The minimum Gasteiger partial charge on any atom is -0.458 e. The molecule has 80 valence electrons. The van der Waals surface area contributed by atoms with Gasteiger partial charge in [-0.15, -0.1) is 11.6 Å². The summed E-state index contributed by atoms with van der Waals surface area (Å²) in [7, 11) is 0. The molecule has 0 radical (unpaired) electrons. The first-order chi connectivity index (χ1) is 7.18. The molecule has 0 aromatic heterocycles. The highest BCUT2D eigenvalue weighted by Gasteiger charge is 2.42. The summed E-state index contributed by atoms with van der Waals surface area (Å²) >= 11 is 5.65. The molecule has 1 aromatic rings. The monoisotopic (exact) mass is 226 g/mol. The van der Waals surface area contributed by atoms with Crippen LogP contribution in [0.25, 0.3) is 0 Å². The van der Waals surface area contributed by atoms with Crippen molar-refractivity contribution in [1.82, 2.24) is 0 Å². The molecule has 0 bridgehead atoms. The highest BCUT2D eigenvalue weighted by Crippen LogP contribution is 2.23. The summed E-state index contributed by atoms with van der Waals surface area (Å²) in [5, 5.41) is 8.68. The predicted molar refractivity (Wildman–Crippen MR) is 55.7 cm³/mol. The molecule has 1 aromatic carbocycles. The van der Waals surface area contributed by atoms with E-state index >= 15 is 0 Å². The van der Waals surface area contributed by atoms with Crippen LogP contribution >= 0.6 is 11.6 Å². The number of hydrogen-bond donors (Lipinski definition) is 1. The number of aliphatic hydroxyl groups excluding tert-OH is 1. The molecule has 0 unspecified atom stereocenters. The summed E-state index contributed by atoms with van der Waals surface area (Å²) in [4.78, 5) is 11.1. The summed E-state index contributed by atoms with van der Waals surface area (Å²) in [6.45, 7) is 0. The number of halogens is 1. The number of ether oxygens (including phenoxy) is 1. The zero-order valence-electron chi connectivity index (χ0n) is 7.97. The Hall–Kier alpha value is -1.06. The molecule has 1 heterocycles. The summed E-state index contributed by atoms with van der Waals surface area (Å²) in [6.07, 6.45) is -0.946. The highest BCUT2D eigenvalue weighted by atomic mass is 35.5. The van der Waals surface area contributed by atoms with Gasteiger partial charge in [0.1, 0.15) is 12.2 Å². The van der Waals surface area contributed by atoms with Gasteiger partial charge in [0.05, 0.1) is 0 Å². The standard InChI is InChI=1S/C11H11ClO3/c12-9-10(13)8(15-11(9)14)6-7-4-2-1-3-5-7/h1-5,8-10,13H,6H2/t8-,9+,10+/m1/s1. The first-order valence-electron chi connectivity index (χ1n) is 4.75. The lowest BCUT2D eigenvalue weighted by molar-refractivity contribution is -0.141. The maximum Gasteiger partial charge on any atom is 0.327 e. The van der Waals surface area contributed by atoms with Crippen LogP contribution < -0.4 is 0 Å². The van der Waals surface area contributed by atoms with E-state index in [1.54, 1.807) is 0 Å². The van der Waals surface area contributed by atoms with E-state index in [9.17, 15) is 9.90 Å². The molecule has 1 aliphatic rings. The Kier molecular flexibility index (Phi) is 2.93. The zero-order valence-corrected chi connectivity index (χ0v) is 8.72. The van der Waals surface area contributed by atoms with Crippen molar-refractivity contribution < 1.29 is 14.6 Å². The van der Waals surface area contributed by atoms with Crippen molar-refractivity contribution in [2.45, 2.75) is 24.0 Å². The van der Waals surface area contributed by atoms with E-state index in [0.717, 1.165) is 5.56 Å². The number of cyclic esters (lactones) is 1. The van der Waals surface area contributed by atoms with Crippen LogP contribution in [0.1, 0.15) is 5.56 Å². The molecule has 1 fully saturated rings. The third-order valence-corrected chi connectivity index (χ3v) is 2.89. The van der Waals surface area contributed by atoms with Gasteiger partial charge in [0.2, 0.25) is 0 Å². The number of esters is 1. The van der Waals surface area contributed by atoms with Gasteiger partial charge in [-0.2, -0.15) is 0 Å². The molecule has 0 saturated carbocycles. The van der Waals surface area contributed by atoms with E-state index in [4.69, 9.17) is 16.3 Å². The lowest BCUT2D eigenvalue weighted by atomic mass is 10.0. The Morgan fingerprint density at radius 1 is 1.33 bits per heavy atom. The first-order valence-corrected chi connectivity index (χ1v) is 5.18. The topological polar surface area (TPSA) is 46.5 Å². The number of hydrogen-bond acceptors (Lipinski definition) is 3.